The van der Waals surface area contributed by atoms with Gasteiger partial charge in [-0.1, -0.05) is 60.5 Å². The number of hydrogen-bond acceptors (Lipinski definition) is 5. The zero-order chi connectivity index (χ0) is 24.5. The number of hydrogen-bond donors (Lipinski definition) is 2. The van der Waals surface area contributed by atoms with Gasteiger partial charge in [0.1, 0.15) is 17.1 Å². The second kappa shape index (κ2) is 9.96. The first kappa shape index (κ1) is 24.5. The van der Waals surface area contributed by atoms with Gasteiger partial charge in [0, 0.05) is 11.1 Å². The number of benzene rings is 3. The molecule has 4 aromatic rings. The van der Waals surface area contributed by atoms with Gasteiger partial charge in [-0.2, -0.15) is 0 Å². The van der Waals surface area contributed by atoms with Gasteiger partial charge < -0.3 is 14.8 Å². The van der Waals surface area contributed by atoms with E-state index >= 15 is 0 Å². The highest BCUT2D eigenvalue weighted by atomic mass is 35.5. The second-order valence-corrected chi connectivity index (χ2v) is 10.8. The number of ether oxygens (including phenoxy) is 1. The molecule has 0 bridgehead atoms. The number of halogens is 2. The first-order valence-corrected chi connectivity index (χ1v) is 13.2. The molecule has 0 spiro atoms. The van der Waals surface area contributed by atoms with E-state index in [0.717, 1.165) is 11.1 Å². The highest BCUT2D eigenvalue weighted by Crippen LogP contribution is 2.43. The molecule has 4 rings (SSSR count). The standard InChI is InChI=1S/C25H24Cl2N2O4S/c1-3-33-21-8-6-5-7-17(21)22-19(26)13-20-24(23(22)27)29-25(28-20)18(14-30)15-9-11-16(12-10-15)34(31,32)4-2/h5-13,18,30H,3-4,14H2,1-2H3,(H,28,29). The van der Waals surface area contributed by atoms with Gasteiger partial charge >= 0.3 is 0 Å². The maximum atomic E-state index is 12.1. The summed E-state index contributed by atoms with van der Waals surface area (Å²) >= 11 is 13.4. The lowest BCUT2D eigenvalue weighted by Crippen LogP contribution is -2.09. The van der Waals surface area contributed by atoms with Crippen LogP contribution in [0.1, 0.15) is 31.2 Å². The number of aromatic amines is 1. The maximum absolute atomic E-state index is 12.1. The van der Waals surface area contributed by atoms with Crippen LogP contribution >= 0.6 is 23.2 Å². The topological polar surface area (TPSA) is 92.3 Å². The molecule has 1 unspecified atom stereocenters. The summed E-state index contributed by atoms with van der Waals surface area (Å²) in [6.45, 7) is 3.77. The van der Waals surface area contributed by atoms with Crippen LogP contribution in [0, 0.1) is 0 Å². The van der Waals surface area contributed by atoms with Crippen LogP contribution in [0.25, 0.3) is 22.2 Å². The number of sulfone groups is 1. The van der Waals surface area contributed by atoms with E-state index in [2.05, 4.69) is 9.97 Å². The number of fused-ring (bicyclic) bond motifs is 1. The zero-order valence-electron chi connectivity index (χ0n) is 18.7. The Morgan fingerprint density at radius 2 is 1.79 bits per heavy atom. The van der Waals surface area contributed by atoms with Crippen molar-refractivity contribution in [1.82, 2.24) is 9.97 Å². The molecule has 0 aliphatic rings. The molecule has 3 aromatic carbocycles. The van der Waals surface area contributed by atoms with Crippen molar-refractivity contribution in [3.05, 3.63) is 76.0 Å². The first-order valence-electron chi connectivity index (χ1n) is 10.8. The van der Waals surface area contributed by atoms with Crippen molar-refractivity contribution in [3.63, 3.8) is 0 Å². The van der Waals surface area contributed by atoms with Crippen LogP contribution in [0.2, 0.25) is 10.0 Å². The molecular formula is C25H24Cl2N2O4S. The van der Waals surface area contributed by atoms with Crippen molar-refractivity contribution < 1.29 is 18.3 Å². The summed E-state index contributed by atoms with van der Waals surface area (Å²) in [5, 5.41) is 10.9. The van der Waals surface area contributed by atoms with Gasteiger partial charge in [0.25, 0.3) is 0 Å². The minimum Gasteiger partial charge on any atom is -0.493 e. The van der Waals surface area contributed by atoms with Crippen LogP contribution in [0.4, 0.5) is 0 Å². The number of aromatic nitrogens is 2. The molecule has 0 saturated heterocycles. The molecule has 6 nitrogen and oxygen atoms in total. The fourth-order valence-electron chi connectivity index (χ4n) is 3.89. The fraction of sp³-hybridized carbons (Fsp3) is 0.240. The van der Waals surface area contributed by atoms with Crippen molar-refractivity contribution >= 4 is 44.1 Å². The molecule has 1 atom stereocenters. The Kier molecular flexibility index (Phi) is 7.19. The molecule has 1 aromatic heterocycles. The van der Waals surface area contributed by atoms with E-state index in [-0.39, 0.29) is 17.3 Å². The molecule has 2 N–H and O–H groups in total. The lowest BCUT2D eigenvalue weighted by Gasteiger charge is -2.13. The van der Waals surface area contributed by atoms with E-state index in [4.69, 9.17) is 27.9 Å². The predicted molar refractivity (Wildman–Crippen MR) is 136 cm³/mol. The van der Waals surface area contributed by atoms with Crippen LogP contribution in [-0.2, 0) is 9.84 Å². The molecule has 1 heterocycles. The minimum atomic E-state index is -3.31. The molecule has 9 heteroatoms. The van der Waals surface area contributed by atoms with Gasteiger partial charge in [-0.05, 0) is 36.8 Å². The number of rotatable bonds is 8. The number of H-pyrrole nitrogens is 1. The second-order valence-electron chi connectivity index (χ2n) is 7.70. The highest BCUT2D eigenvalue weighted by molar-refractivity contribution is 7.91. The van der Waals surface area contributed by atoms with E-state index in [1.54, 1.807) is 37.3 Å². The van der Waals surface area contributed by atoms with Crippen molar-refractivity contribution in [1.29, 1.82) is 0 Å². The SMILES string of the molecule is CCOc1ccccc1-c1c(Cl)cc2[nH]c(C(CO)c3ccc(S(=O)(=O)CC)cc3)nc2c1Cl. The largest absolute Gasteiger partial charge is 0.493 e. The summed E-state index contributed by atoms with van der Waals surface area (Å²) in [6.07, 6.45) is 0. The van der Waals surface area contributed by atoms with Gasteiger partial charge in [-0.3, -0.25) is 0 Å². The van der Waals surface area contributed by atoms with Crippen LogP contribution in [-0.4, -0.2) is 42.5 Å². The summed E-state index contributed by atoms with van der Waals surface area (Å²) in [4.78, 5) is 8.14. The van der Waals surface area contributed by atoms with Gasteiger partial charge in [0.05, 0.1) is 45.3 Å². The quantitative estimate of drug-likeness (QED) is 0.305. The molecule has 0 radical (unpaired) electrons. The summed E-state index contributed by atoms with van der Waals surface area (Å²) in [7, 11) is -3.31. The average molecular weight is 519 g/mol. The van der Waals surface area contributed by atoms with E-state index < -0.39 is 15.8 Å². The monoisotopic (exact) mass is 518 g/mol. The Bertz CT molecular complexity index is 1430. The predicted octanol–water partition coefficient (Wildman–Crippen LogP) is 5.85. The van der Waals surface area contributed by atoms with Crippen molar-refractivity contribution in [2.75, 3.05) is 19.0 Å². The van der Waals surface area contributed by atoms with E-state index in [9.17, 15) is 13.5 Å². The Morgan fingerprint density at radius 1 is 1.09 bits per heavy atom. The van der Waals surface area contributed by atoms with Gasteiger partial charge in [-0.15, -0.1) is 0 Å². The van der Waals surface area contributed by atoms with Crippen molar-refractivity contribution in [3.8, 4) is 16.9 Å². The van der Waals surface area contributed by atoms with Gasteiger partial charge in [-0.25, -0.2) is 13.4 Å². The average Bonchev–Trinajstić information content (AvgIpc) is 3.25. The van der Waals surface area contributed by atoms with Crippen LogP contribution in [0.15, 0.2) is 59.5 Å². The maximum Gasteiger partial charge on any atom is 0.178 e. The number of imidazole rings is 1. The summed E-state index contributed by atoms with van der Waals surface area (Å²) in [5.74, 6) is 0.684. The van der Waals surface area contributed by atoms with Gasteiger partial charge in [0.15, 0.2) is 9.84 Å². The first-order chi connectivity index (χ1) is 16.3. The Morgan fingerprint density at radius 3 is 2.44 bits per heavy atom. The van der Waals surface area contributed by atoms with E-state index in [1.807, 2.05) is 31.2 Å². The van der Waals surface area contributed by atoms with Crippen LogP contribution in [0.3, 0.4) is 0 Å². The smallest absolute Gasteiger partial charge is 0.178 e. The Balaban J connectivity index is 1.79. The molecule has 34 heavy (non-hydrogen) atoms. The molecule has 0 aliphatic heterocycles. The molecule has 0 fully saturated rings. The lowest BCUT2D eigenvalue weighted by atomic mass is 9.99. The van der Waals surface area contributed by atoms with E-state index in [0.29, 0.717) is 44.8 Å². The number of nitrogens with one attached hydrogen (secondary N) is 1. The molecule has 0 amide bonds. The molecule has 178 valence electrons. The van der Waals surface area contributed by atoms with Crippen LogP contribution in [0.5, 0.6) is 5.75 Å². The fourth-order valence-corrected chi connectivity index (χ4v) is 5.48. The number of nitrogens with zero attached hydrogens (tertiary/aromatic N) is 1. The third-order valence-corrected chi connectivity index (χ3v) is 8.09. The lowest BCUT2D eigenvalue weighted by molar-refractivity contribution is 0.277. The minimum absolute atomic E-state index is 0.0212. The Labute approximate surface area is 208 Å². The van der Waals surface area contributed by atoms with E-state index in [1.165, 1.54) is 0 Å². The Hall–Kier alpha value is -2.58. The summed E-state index contributed by atoms with van der Waals surface area (Å²) in [6, 6.07) is 15.7. The zero-order valence-corrected chi connectivity index (χ0v) is 21.0. The van der Waals surface area contributed by atoms with Gasteiger partial charge in [0.2, 0.25) is 0 Å². The summed E-state index contributed by atoms with van der Waals surface area (Å²) in [5.41, 5.74) is 3.25. The highest BCUT2D eigenvalue weighted by Gasteiger charge is 2.23. The molecule has 0 aliphatic carbocycles. The number of aliphatic hydroxyl groups is 1. The van der Waals surface area contributed by atoms with Crippen LogP contribution < -0.4 is 4.74 Å². The number of aliphatic hydroxyl groups excluding tert-OH is 1. The third-order valence-electron chi connectivity index (χ3n) is 5.68. The molecule has 0 saturated carbocycles. The number of para-hydroxylation sites is 1. The third kappa shape index (κ3) is 4.53. The normalized spacial score (nSPS) is 12.7. The summed E-state index contributed by atoms with van der Waals surface area (Å²) < 4.78 is 30.0. The molecular weight excluding hydrogens is 495 g/mol. The van der Waals surface area contributed by atoms with Crippen molar-refractivity contribution in [2.45, 2.75) is 24.7 Å². The van der Waals surface area contributed by atoms with Crippen molar-refractivity contribution in [2.24, 2.45) is 0 Å².